The molecule has 6 rings (SSSR count). The van der Waals surface area contributed by atoms with Gasteiger partial charge in [0.15, 0.2) is 0 Å². The maximum absolute atomic E-state index is 12.4. The molecule has 2 amide bonds. The van der Waals surface area contributed by atoms with Crippen molar-refractivity contribution in [2.75, 3.05) is 26.2 Å². The second-order valence-corrected chi connectivity index (χ2v) is 10.8. The van der Waals surface area contributed by atoms with Gasteiger partial charge < -0.3 is 0 Å². The van der Waals surface area contributed by atoms with E-state index in [0.717, 1.165) is 38.3 Å². The Labute approximate surface area is 228 Å². The van der Waals surface area contributed by atoms with Crippen LogP contribution in [0.15, 0.2) is 67.3 Å². The van der Waals surface area contributed by atoms with Crippen molar-refractivity contribution in [2.24, 2.45) is 0 Å². The minimum atomic E-state index is -0.313. The van der Waals surface area contributed by atoms with Gasteiger partial charge in [0, 0.05) is 70.5 Å². The second-order valence-electron chi connectivity index (χ2n) is 10.3. The van der Waals surface area contributed by atoms with Gasteiger partial charge in [-0.05, 0) is 46.4 Å². The van der Waals surface area contributed by atoms with Gasteiger partial charge in [0.1, 0.15) is 0 Å². The maximum Gasteiger partial charge on any atom is 0.243 e. The van der Waals surface area contributed by atoms with Gasteiger partial charge >= 0.3 is 0 Å². The van der Waals surface area contributed by atoms with E-state index in [0.29, 0.717) is 19.4 Å². The third kappa shape index (κ3) is 5.11. The smallest absolute Gasteiger partial charge is 0.243 e. The van der Waals surface area contributed by atoms with Crippen LogP contribution in [-0.2, 0) is 22.7 Å². The molecule has 196 valence electrons. The van der Waals surface area contributed by atoms with Gasteiger partial charge in [-0.25, -0.2) is 0 Å². The van der Waals surface area contributed by atoms with Crippen molar-refractivity contribution in [3.05, 3.63) is 95.1 Å². The van der Waals surface area contributed by atoms with E-state index in [9.17, 15) is 9.59 Å². The van der Waals surface area contributed by atoms with E-state index in [2.05, 4.69) is 60.3 Å². The molecule has 1 N–H and O–H groups in total. The fraction of sp³-hybridized carbons (Fsp3) is 0.379. The summed E-state index contributed by atoms with van der Waals surface area (Å²) >= 11 is 4.83. The van der Waals surface area contributed by atoms with Gasteiger partial charge in [-0.2, -0.15) is 12.6 Å². The number of benzene rings is 1. The van der Waals surface area contributed by atoms with Gasteiger partial charge in [-0.3, -0.25) is 39.6 Å². The first-order chi connectivity index (χ1) is 18.6. The Balaban J connectivity index is 1.10. The first kappa shape index (κ1) is 25.2. The van der Waals surface area contributed by atoms with E-state index in [1.807, 2.05) is 36.9 Å². The highest BCUT2D eigenvalue weighted by molar-refractivity contribution is 7.80. The van der Waals surface area contributed by atoms with Crippen LogP contribution in [0.2, 0.25) is 0 Å². The fourth-order valence-corrected chi connectivity index (χ4v) is 6.51. The number of fused-ring (bicyclic) bond motifs is 1. The number of thiol groups is 1. The zero-order valence-corrected chi connectivity index (χ0v) is 22.1. The zero-order valence-electron chi connectivity index (χ0n) is 21.2. The Bertz CT molecular complexity index is 1260. The molecule has 2 fully saturated rings. The molecule has 2 saturated heterocycles. The van der Waals surface area contributed by atoms with E-state index in [1.165, 1.54) is 22.3 Å². The minimum absolute atomic E-state index is 0.136. The summed E-state index contributed by atoms with van der Waals surface area (Å²) in [4.78, 5) is 39.9. The summed E-state index contributed by atoms with van der Waals surface area (Å²) in [6.45, 7) is 5.44. The average Bonchev–Trinajstić information content (AvgIpc) is 3.26. The van der Waals surface area contributed by atoms with E-state index < -0.39 is 0 Å². The Morgan fingerprint density at radius 1 is 0.974 bits per heavy atom. The predicted octanol–water partition coefficient (Wildman–Crippen LogP) is 2.93. The molecule has 1 aromatic carbocycles. The number of piperazine rings is 1. The highest BCUT2D eigenvalue weighted by Gasteiger charge is 2.39. The highest BCUT2D eigenvalue weighted by atomic mass is 32.1. The number of hydrogen-bond donors (Lipinski definition) is 2. The third-order valence-corrected chi connectivity index (χ3v) is 8.52. The molecule has 3 aromatic rings. The summed E-state index contributed by atoms with van der Waals surface area (Å²) in [6.07, 6.45) is 8.48. The van der Waals surface area contributed by atoms with Crippen LogP contribution < -0.4 is 5.32 Å². The van der Waals surface area contributed by atoms with Crippen molar-refractivity contribution in [1.82, 2.24) is 30.0 Å². The van der Waals surface area contributed by atoms with Crippen LogP contribution in [0.1, 0.15) is 52.1 Å². The van der Waals surface area contributed by atoms with Crippen LogP contribution in [-0.4, -0.2) is 68.7 Å². The number of nitrogens with zero attached hydrogens (tertiary/aromatic N) is 5. The summed E-state index contributed by atoms with van der Waals surface area (Å²) in [6, 6.07) is 14.7. The lowest BCUT2D eigenvalue weighted by atomic mass is 9.99. The van der Waals surface area contributed by atoms with Crippen LogP contribution in [0.3, 0.4) is 0 Å². The van der Waals surface area contributed by atoms with Crippen molar-refractivity contribution in [3.63, 3.8) is 0 Å². The standard InChI is InChI=1S/C29H32N6O2S/c36-26-8-7-25(28(37)32-26)35-19-23-15-20(5-6-24(23)29(35)38)18-33-11-13-34(14-12-33)27(21-3-1-9-30-16-21)22-4-2-10-31-17-22/h1-6,9-10,15-17,25,27,29,38H,7-8,11-14,18-19H2,(H,32,36,37). The number of imide groups is 1. The number of nitrogens with one attached hydrogen (secondary N) is 1. The van der Waals surface area contributed by atoms with Crippen molar-refractivity contribution in [2.45, 2.75) is 43.4 Å². The molecule has 0 aliphatic carbocycles. The number of piperidine rings is 1. The number of pyridine rings is 2. The second kappa shape index (κ2) is 10.9. The van der Waals surface area contributed by atoms with E-state index in [4.69, 9.17) is 12.6 Å². The Hall–Kier alpha value is -3.11. The van der Waals surface area contributed by atoms with E-state index in [1.54, 1.807) is 0 Å². The Kier molecular flexibility index (Phi) is 7.25. The van der Waals surface area contributed by atoms with E-state index in [-0.39, 0.29) is 29.3 Å². The molecule has 2 atom stereocenters. The summed E-state index contributed by atoms with van der Waals surface area (Å²) in [5.74, 6) is -0.393. The topological polar surface area (TPSA) is 81.7 Å². The number of rotatable bonds is 6. The average molecular weight is 529 g/mol. The van der Waals surface area contributed by atoms with Gasteiger partial charge in [-0.15, -0.1) is 0 Å². The lowest BCUT2D eigenvalue weighted by Crippen LogP contribution is -2.51. The molecule has 0 radical (unpaired) electrons. The van der Waals surface area contributed by atoms with Crippen molar-refractivity contribution in [3.8, 4) is 0 Å². The van der Waals surface area contributed by atoms with Gasteiger partial charge in [0.2, 0.25) is 11.8 Å². The van der Waals surface area contributed by atoms with Crippen molar-refractivity contribution >= 4 is 24.4 Å². The molecule has 3 aliphatic heterocycles. The zero-order chi connectivity index (χ0) is 26.1. The SMILES string of the molecule is O=C1CCC(N2Cc3cc(CN4CCN(C(c5cccnc5)c5cccnc5)CC4)ccc3C2S)C(=O)N1. The monoisotopic (exact) mass is 528 g/mol. The normalized spacial score (nSPS) is 23.0. The fourth-order valence-electron chi connectivity index (χ4n) is 6.01. The third-order valence-electron chi connectivity index (χ3n) is 7.94. The Morgan fingerprint density at radius 2 is 1.68 bits per heavy atom. The van der Waals surface area contributed by atoms with Crippen LogP contribution in [0.25, 0.3) is 0 Å². The molecule has 5 heterocycles. The van der Waals surface area contributed by atoms with E-state index >= 15 is 0 Å². The Morgan fingerprint density at radius 3 is 2.32 bits per heavy atom. The molecule has 8 nitrogen and oxygen atoms in total. The van der Waals surface area contributed by atoms with Gasteiger partial charge in [0.25, 0.3) is 0 Å². The molecular formula is C29H32N6O2S. The van der Waals surface area contributed by atoms with Crippen molar-refractivity contribution in [1.29, 1.82) is 0 Å². The van der Waals surface area contributed by atoms with Crippen LogP contribution in [0, 0.1) is 0 Å². The summed E-state index contributed by atoms with van der Waals surface area (Å²) in [7, 11) is 0. The molecule has 2 aromatic heterocycles. The first-order valence-corrected chi connectivity index (χ1v) is 13.7. The number of amides is 2. The number of aromatic nitrogens is 2. The lowest BCUT2D eigenvalue weighted by molar-refractivity contribution is -0.137. The van der Waals surface area contributed by atoms with Gasteiger partial charge in [0.05, 0.1) is 17.5 Å². The highest BCUT2D eigenvalue weighted by Crippen LogP contribution is 2.39. The molecule has 0 spiro atoms. The molecule has 0 bridgehead atoms. The molecular weight excluding hydrogens is 496 g/mol. The van der Waals surface area contributed by atoms with Crippen molar-refractivity contribution < 1.29 is 9.59 Å². The number of carbonyl (C=O) groups is 2. The largest absolute Gasteiger partial charge is 0.297 e. The van der Waals surface area contributed by atoms with Crippen LogP contribution in [0.5, 0.6) is 0 Å². The summed E-state index contributed by atoms with van der Waals surface area (Å²) in [5.41, 5.74) is 6.03. The number of carbonyl (C=O) groups excluding carboxylic acids is 2. The molecule has 38 heavy (non-hydrogen) atoms. The van der Waals surface area contributed by atoms with Crippen LogP contribution >= 0.6 is 12.6 Å². The lowest BCUT2D eigenvalue weighted by Gasteiger charge is -2.39. The maximum atomic E-state index is 12.4. The van der Waals surface area contributed by atoms with Gasteiger partial charge in [-0.1, -0.05) is 30.3 Å². The molecule has 0 saturated carbocycles. The van der Waals surface area contributed by atoms with Crippen LogP contribution in [0.4, 0.5) is 0 Å². The molecule has 3 aliphatic rings. The predicted molar refractivity (Wildman–Crippen MR) is 147 cm³/mol. The summed E-state index contributed by atoms with van der Waals surface area (Å²) < 4.78 is 0. The molecule has 9 heteroatoms. The minimum Gasteiger partial charge on any atom is -0.297 e. The number of hydrogen-bond acceptors (Lipinski definition) is 8. The molecule has 2 unspecified atom stereocenters. The quantitative estimate of drug-likeness (QED) is 0.376. The first-order valence-electron chi connectivity index (χ1n) is 13.2. The summed E-state index contributed by atoms with van der Waals surface area (Å²) in [5, 5.41) is 2.34.